The second-order valence-corrected chi connectivity index (χ2v) is 6.37. The van der Waals surface area contributed by atoms with Gasteiger partial charge in [0.1, 0.15) is 0 Å². The van der Waals surface area contributed by atoms with E-state index in [1.165, 1.54) is 0 Å². The number of hydrogen-bond donors (Lipinski definition) is 0. The van der Waals surface area contributed by atoms with Gasteiger partial charge in [-0.2, -0.15) is 4.31 Å². The monoisotopic (exact) mass is 273 g/mol. The Kier molecular flexibility index (Phi) is 3.76. The van der Waals surface area contributed by atoms with E-state index in [-0.39, 0.29) is 6.04 Å². The average molecular weight is 274 g/mol. The average Bonchev–Trinajstić information content (AvgIpc) is 3.14. The van der Waals surface area contributed by atoms with Crippen LogP contribution in [0.15, 0.2) is 29.2 Å². The minimum Gasteiger partial charge on any atom is -0.207 e. The second-order valence-electron chi connectivity index (χ2n) is 4.22. The van der Waals surface area contributed by atoms with Crippen molar-refractivity contribution in [3.05, 3.63) is 29.8 Å². The first-order chi connectivity index (χ1) is 8.09. The lowest BCUT2D eigenvalue weighted by Gasteiger charge is -2.19. The molecule has 1 aliphatic carbocycles. The van der Waals surface area contributed by atoms with Crippen LogP contribution in [0.2, 0.25) is 0 Å². The van der Waals surface area contributed by atoms with Crippen molar-refractivity contribution in [1.82, 2.24) is 4.31 Å². The standard InChI is InChI=1S/C12H16ClNO2S/c1-2-14(11-5-6-11)17(15,16)12-7-3-10(9-13)4-8-12/h3-4,7-8,11H,2,5-6,9H2,1H3. The van der Waals surface area contributed by atoms with Gasteiger partial charge in [0.25, 0.3) is 0 Å². The van der Waals surface area contributed by atoms with Crippen molar-refractivity contribution in [2.24, 2.45) is 0 Å². The van der Waals surface area contributed by atoms with Crippen molar-refractivity contribution in [2.75, 3.05) is 6.54 Å². The van der Waals surface area contributed by atoms with Crippen molar-refractivity contribution in [3.8, 4) is 0 Å². The summed E-state index contributed by atoms with van der Waals surface area (Å²) in [5.74, 6) is 0.403. The fourth-order valence-electron chi connectivity index (χ4n) is 1.87. The van der Waals surface area contributed by atoms with Crippen LogP contribution < -0.4 is 0 Å². The molecule has 0 heterocycles. The van der Waals surface area contributed by atoms with Gasteiger partial charge in [-0.25, -0.2) is 8.42 Å². The van der Waals surface area contributed by atoms with Gasteiger partial charge in [0, 0.05) is 18.5 Å². The summed E-state index contributed by atoms with van der Waals surface area (Å²) in [6, 6.07) is 7.01. The smallest absolute Gasteiger partial charge is 0.207 e. The highest BCUT2D eigenvalue weighted by Crippen LogP contribution is 2.31. The first kappa shape index (κ1) is 12.9. The van der Waals surface area contributed by atoms with Crippen LogP contribution in [0, 0.1) is 0 Å². The van der Waals surface area contributed by atoms with Gasteiger partial charge in [0.05, 0.1) is 4.90 Å². The van der Waals surface area contributed by atoms with Gasteiger partial charge in [-0.15, -0.1) is 11.6 Å². The van der Waals surface area contributed by atoms with Crippen LogP contribution in [0.1, 0.15) is 25.3 Å². The molecular formula is C12H16ClNO2S. The number of halogens is 1. The molecule has 1 aromatic carbocycles. The molecule has 17 heavy (non-hydrogen) atoms. The zero-order valence-electron chi connectivity index (χ0n) is 9.77. The van der Waals surface area contributed by atoms with Gasteiger partial charge in [0.15, 0.2) is 0 Å². The van der Waals surface area contributed by atoms with Gasteiger partial charge in [-0.05, 0) is 30.5 Å². The first-order valence-electron chi connectivity index (χ1n) is 5.76. The van der Waals surface area contributed by atoms with Gasteiger partial charge in [-0.3, -0.25) is 0 Å². The van der Waals surface area contributed by atoms with E-state index in [2.05, 4.69) is 0 Å². The van der Waals surface area contributed by atoms with Crippen LogP contribution in [0.5, 0.6) is 0 Å². The largest absolute Gasteiger partial charge is 0.243 e. The van der Waals surface area contributed by atoms with Crippen molar-refractivity contribution >= 4 is 21.6 Å². The Hall–Kier alpha value is -0.580. The Morgan fingerprint density at radius 3 is 2.29 bits per heavy atom. The molecule has 1 fully saturated rings. The lowest BCUT2D eigenvalue weighted by atomic mass is 10.2. The maximum Gasteiger partial charge on any atom is 0.243 e. The summed E-state index contributed by atoms with van der Waals surface area (Å²) >= 11 is 5.68. The fourth-order valence-corrected chi connectivity index (χ4v) is 3.75. The highest BCUT2D eigenvalue weighted by Gasteiger charge is 2.36. The van der Waals surface area contributed by atoms with Crippen LogP contribution in [-0.4, -0.2) is 25.3 Å². The predicted molar refractivity (Wildman–Crippen MR) is 68.6 cm³/mol. The summed E-state index contributed by atoms with van der Waals surface area (Å²) < 4.78 is 26.3. The molecule has 0 radical (unpaired) electrons. The SMILES string of the molecule is CCN(C1CC1)S(=O)(=O)c1ccc(CCl)cc1. The molecule has 2 rings (SSSR count). The van der Waals surface area contributed by atoms with Crippen LogP contribution >= 0.6 is 11.6 Å². The molecule has 0 amide bonds. The van der Waals surface area contributed by atoms with E-state index in [9.17, 15) is 8.42 Å². The summed E-state index contributed by atoms with van der Waals surface area (Å²) in [5, 5.41) is 0. The molecule has 3 nitrogen and oxygen atoms in total. The molecule has 0 atom stereocenters. The molecule has 0 N–H and O–H groups in total. The van der Waals surface area contributed by atoms with Crippen LogP contribution in [-0.2, 0) is 15.9 Å². The summed E-state index contributed by atoms with van der Waals surface area (Å²) in [5.41, 5.74) is 0.931. The van der Waals surface area contributed by atoms with Crippen molar-refractivity contribution < 1.29 is 8.42 Å². The molecule has 0 aromatic heterocycles. The lowest BCUT2D eigenvalue weighted by molar-refractivity contribution is 0.421. The van der Waals surface area contributed by atoms with Gasteiger partial charge >= 0.3 is 0 Å². The molecule has 0 spiro atoms. The van der Waals surface area contributed by atoms with Crippen LogP contribution in [0.25, 0.3) is 0 Å². The van der Waals surface area contributed by atoms with Crippen LogP contribution in [0.4, 0.5) is 0 Å². The molecule has 5 heteroatoms. The molecule has 94 valence electrons. The quantitative estimate of drug-likeness (QED) is 0.774. The van der Waals surface area contributed by atoms with Gasteiger partial charge in [-0.1, -0.05) is 19.1 Å². The number of rotatable bonds is 5. The maximum atomic E-state index is 12.3. The van der Waals surface area contributed by atoms with E-state index < -0.39 is 10.0 Å². The molecule has 0 bridgehead atoms. The van der Waals surface area contributed by atoms with E-state index in [0.29, 0.717) is 17.3 Å². The molecule has 1 aromatic rings. The van der Waals surface area contributed by atoms with Gasteiger partial charge < -0.3 is 0 Å². The lowest BCUT2D eigenvalue weighted by Crippen LogP contribution is -2.32. The third-order valence-corrected chi connectivity index (χ3v) is 5.30. The first-order valence-corrected chi connectivity index (χ1v) is 7.73. The Balaban J connectivity index is 2.29. The van der Waals surface area contributed by atoms with Gasteiger partial charge in [0.2, 0.25) is 10.0 Å². The Labute approximate surface area is 107 Å². The minimum atomic E-state index is -3.32. The molecular weight excluding hydrogens is 258 g/mol. The van der Waals surface area contributed by atoms with Crippen LogP contribution in [0.3, 0.4) is 0 Å². The number of sulfonamides is 1. The normalized spacial score (nSPS) is 16.4. The predicted octanol–water partition coefficient (Wildman–Crippen LogP) is 2.60. The molecule has 1 saturated carbocycles. The summed E-state index contributed by atoms with van der Waals surface area (Å²) in [4.78, 5) is 0.361. The van der Waals surface area contributed by atoms with Crippen molar-refractivity contribution in [2.45, 2.75) is 36.6 Å². The molecule has 1 aliphatic rings. The number of alkyl halides is 1. The molecule has 0 unspecified atom stereocenters. The number of benzene rings is 1. The third-order valence-electron chi connectivity index (χ3n) is 2.95. The fraction of sp³-hybridized carbons (Fsp3) is 0.500. The Morgan fingerprint density at radius 1 is 1.29 bits per heavy atom. The number of hydrogen-bond acceptors (Lipinski definition) is 2. The highest BCUT2D eigenvalue weighted by atomic mass is 35.5. The van der Waals surface area contributed by atoms with Crippen molar-refractivity contribution in [1.29, 1.82) is 0 Å². The summed E-state index contributed by atoms with van der Waals surface area (Å²) in [6.07, 6.45) is 1.96. The number of nitrogens with zero attached hydrogens (tertiary/aromatic N) is 1. The Morgan fingerprint density at radius 2 is 1.88 bits per heavy atom. The maximum absolute atomic E-state index is 12.3. The minimum absolute atomic E-state index is 0.206. The zero-order valence-corrected chi connectivity index (χ0v) is 11.3. The summed E-state index contributed by atoms with van der Waals surface area (Å²) in [7, 11) is -3.32. The van der Waals surface area contributed by atoms with Crippen molar-refractivity contribution in [3.63, 3.8) is 0 Å². The third kappa shape index (κ3) is 2.64. The second kappa shape index (κ2) is 4.96. The zero-order chi connectivity index (χ0) is 12.5. The Bertz CT molecular complexity index is 480. The van der Waals surface area contributed by atoms with E-state index in [1.807, 2.05) is 6.92 Å². The van der Waals surface area contributed by atoms with E-state index in [1.54, 1.807) is 28.6 Å². The molecule has 0 saturated heterocycles. The van der Waals surface area contributed by atoms with E-state index >= 15 is 0 Å². The molecule has 0 aliphatic heterocycles. The summed E-state index contributed by atoms with van der Waals surface area (Å²) in [6.45, 7) is 2.41. The van der Waals surface area contributed by atoms with E-state index in [4.69, 9.17) is 11.6 Å². The van der Waals surface area contributed by atoms with E-state index in [0.717, 1.165) is 18.4 Å². The highest BCUT2D eigenvalue weighted by molar-refractivity contribution is 7.89. The topological polar surface area (TPSA) is 37.4 Å².